The number of piperidine rings is 1. The Labute approximate surface area is 113 Å². The van der Waals surface area contributed by atoms with Crippen molar-refractivity contribution in [2.45, 2.75) is 44.8 Å². The van der Waals surface area contributed by atoms with Crippen molar-refractivity contribution in [1.82, 2.24) is 15.3 Å². The standard InChI is InChI=1S/C13H20ClN3O/c14-13-16-8-6-12(17-13)10-18-9-3-5-11-4-1-2-7-15-11/h6,8,11,15H,1-5,7,9-10H2/t11-/m0/s1. The molecule has 1 aromatic rings. The second kappa shape index (κ2) is 7.67. The average Bonchev–Trinajstić information content (AvgIpc) is 2.40. The largest absolute Gasteiger partial charge is 0.375 e. The number of nitrogens with zero attached hydrogens (tertiary/aromatic N) is 2. The average molecular weight is 270 g/mol. The Morgan fingerprint density at radius 3 is 3.17 bits per heavy atom. The van der Waals surface area contributed by atoms with Gasteiger partial charge in [0.1, 0.15) is 0 Å². The van der Waals surface area contributed by atoms with E-state index in [1.807, 2.05) is 6.07 Å². The lowest BCUT2D eigenvalue weighted by molar-refractivity contribution is 0.111. The van der Waals surface area contributed by atoms with Gasteiger partial charge in [0, 0.05) is 18.8 Å². The Kier molecular flexibility index (Phi) is 5.84. The molecule has 0 aliphatic carbocycles. The zero-order chi connectivity index (χ0) is 12.6. The maximum atomic E-state index is 5.70. The van der Waals surface area contributed by atoms with Crippen molar-refractivity contribution in [3.63, 3.8) is 0 Å². The molecule has 4 nitrogen and oxygen atoms in total. The minimum absolute atomic E-state index is 0.280. The Morgan fingerprint density at radius 2 is 2.39 bits per heavy atom. The Balaban J connectivity index is 1.55. The van der Waals surface area contributed by atoms with E-state index in [-0.39, 0.29) is 5.28 Å². The second-order valence-corrected chi connectivity index (χ2v) is 5.00. The van der Waals surface area contributed by atoms with Crippen LogP contribution in [0.15, 0.2) is 12.3 Å². The Hall–Kier alpha value is -0.710. The molecule has 0 bridgehead atoms. The molecule has 1 fully saturated rings. The molecule has 5 heteroatoms. The van der Waals surface area contributed by atoms with E-state index in [9.17, 15) is 0 Å². The van der Waals surface area contributed by atoms with Gasteiger partial charge in [-0.3, -0.25) is 0 Å². The number of halogens is 1. The van der Waals surface area contributed by atoms with Crippen LogP contribution >= 0.6 is 11.6 Å². The van der Waals surface area contributed by atoms with Gasteiger partial charge in [-0.2, -0.15) is 0 Å². The number of rotatable bonds is 6. The van der Waals surface area contributed by atoms with Gasteiger partial charge in [0.2, 0.25) is 5.28 Å². The van der Waals surface area contributed by atoms with Crippen LogP contribution in [0.1, 0.15) is 37.8 Å². The van der Waals surface area contributed by atoms with Gasteiger partial charge in [0.15, 0.2) is 0 Å². The fraction of sp³-hybridized carbons (Fsp3) is 0.692. The van der Waals surface area contributed by atoms with Gasteiger partial charge < -0.3 is 10.1 Å². The van der Waals surface area contributed by atoms with Crippen molar-refractivity contribution < 1.29 is 4.74 Å². The lowest BCUT2D eigenvalue weighted by atomic mass is 10.0. The summed E-state index contributed by atoms with van der Waals surface area (Å²) in [6.45, 7) is 2.46. The molecule has 0 amide bonds. The SMILES string of the molecule is Clc1nccc(COCCC[C@@H]2CCCCN2)n1. The number of hydrogen-bond donors (Lipinski definition) is 1. The topological polar surface area (TPSA) is 47.0 Å². The van der Waals surface area contributed by atoms with E-state index >= 15 is 0 Å². The number of nitrogens with one attached hydrogen (secondary N) is 1. The molecule has 1 aromatic heterocycles. The molecule has 0 unspecified atom stereocenters. The third-order valence-electron chi connectivity index (χ3n) is 3.19. The molecule has 1 saturated heterocycles. The summed E-state index contributed by atoms with van der Waals surface area (Å²) in [7, 11) is 0. The first-order chi connectivity index (χ1) is 8.84. The monoisotopic (exact) mass is 269 g/mol. The van der Waals surface area contributed by atoms with E-state index in [1.54, 1.807) is 6.20 Å². The molecule has 2 rings (SSSR count). The molecule has 1 N–H and O–H groups in total. The van der Waals surface area contributed by atoms with Gasteiger partial charge in [-0.1, -0.05) is 6.42 Å². The zero-order valence-electron chi connectivity index (χ0n) is 10.6. The summed E-state index contributed by atoms with van der Waals surface area (Å²) in [5, 5.41) is 3.82. The summed E-state index contributed by atoms with van der Waals surface area (Å²) in [5.41, 5.74) is 0.839. The molecule has 0 saturated carbocycles. The van der Waals surface area contributed by atoms with Crippen molar-refractivity contribution >= 4 is 11.6 Å². The fourth-order valence-electron chi connectivity index (χ4n) is 2.23. The molecule has 1 aliphatic heterocycles. The van der Waals surface area contributed by atoms with Crippen molar-refractivity contribution in [3.05, 3.63) is 23.2 Å². The molecular formula is C13H20ClN3O. The van der Waals surface area contributed by atoms with E-state index in [0.29, 0.717) is 12.6 Å². The highest BCUT2D eigenvalue weighted by Crippen LogP contribution is 2.12. The maximum Gasteiger partial charge on any atom is 0.222 e. The van der Waals surface area contributed by atoms with Crippen LogP contribution in [0.2, 0.25) is 5.28 Å². The summed E-state index contributed by atoms with van der Waals surface area (Å²) in [5.74, 6) is 0. The number of aromatic nitrogens is 2. The number of hydrogen-bond acceptors (Lipinski definition) is 4. The van der Waals surface area contributed by atoms with E-state index in [2.05, 4.69) is 15.3 Å². The van der Waals surface area contributed by atoms with E-state index < -0.39 is 0 Å². The summed E-state index contributed by atoms with van der Waals surface area (Å²) < 4.78 is 5.59. The van der Waals surface area contributed by atoms with Crippen LogP contribution in [0.5, 0.6) is 0 Å². The molecule has 1 atom stereocenters. The molecule has 0 spiro atoms. The molecule has 0 radical (unpaired) electrons. The van der Waals surface area contributed by atoms with E-state index in [1.165, 1.54) is 32.2 Å². The van der Waals surface area contributed by atoms with Crippen LogP contribution in [0.4, 0.5) is 0 Å². The van der Waals surface area contributed by atoms with Gasteiger partial charge in [-0.05, 0) is 49.9 Å². The van der Waals surface area contributed by atoms with Crippen molar-refractivity contribution in [3.8, 4) is 0 Å². The number of ether oxygens (including phenoxy) is 1. The van der Waals surface area contributed by atoms with Crippen LogP contribution in [-0.4, -0.2) is 29.2 Å². The normalized spacial score (nSPS) is 19.9. The van der Waals surface area contributed by atoms with Crippen LogP contribution in [0, 0.1) is 0 Å². The van der Waals surface area contributed by atoms with Gasteiger partial charge in [-0.15, -0.1) is 0 Å². The zero-order valence-corrected chi connectivity index (χ0v) is 11.3. The second-order valence-electron chi connectivity index (χ2n) is 4.66. The third kappa shape index (κ3) is 4.88. The molecule has 100 valence electrons. The minimum Gasteiger partial charge on any atom is -0.375 e. The lowest BCUT2D eigenvalue weighted by Crippen LogP contribution is -2.33. The maximum absolute atomic E-state index is 5.70. The smallest absolute Gasteiger partial charge is 0.222 e. The van der Waals surface area contributed by atoms with Gasteiger partial charge in [0.05, 0.1) is 12.3 Å². The third-order valence-corrected chi connectivity index (χ3v) is 3.37. The van der Waals surface area contributed by atoms with Crippen LogP contribution in [-0.2, 0) is 11.3 Å². The predicted molar refractivity (Wildman–Crippen MR) is 71.6 cm³/mol. The van der Waals surface area contributed by atoms with Gasteiger partial charge in [-0.25, -0.2) is 9.97 Å². The first kappa shape index (κ1) is 13.7. The first-order valence-corrected chi connectivity index (χ1v) is 7.01. The van der Waals surface area contributed by atoms with Gasteiger partial charge >= 0.3 is 0 Å². The Morgan fingerprint density at radius 1 is 1.44 bits per heavy atom. The highest BCUT2D eigenvalue weighted by atomic mass is 35.5. The first-order valence-electron chi connectivity index (χ1n) is 6.63. The van der Waals surface area contributed by atoms with Crippen molar-refractivity contribution in [2.24, 2.45) is 0 Å². The van der Waals surface area contributed by atoms with Gasteiger partial charge in [0.25, 0.3) is 0 Å². The molecule has 0 aromatic carbocycles. The molecule has 18 heavy (non-hydrogen) atoms. The minimum atomic E-state index is 0.280. The van der Waals surface area contributed by atoms with Crippen LogP contribution < -0.4 is 5.32 Å². The highest BCUT2D eigenvalue weighted by molar-refractivity contribution is 6.28. The van der Waals surface area contributed by atoms with E-state index in [4.69, 9.17) is 16.3 Å². The molecular weight excluding hydrogens is 250 g/mol. The molecule has 2 heterocycles. The van der Waals surface area contributed by atoms with Crippen molar-refractivity contribution in [1.29, 1.82) is 0 Å². The summed E-state index contributed by atoms with van der Waals surface area (Å²) in [6.07, 6.45) is 7.93. The van der Waals surface area contributed by atoms with Crippen molar-refractivity contribution in [2.75, 3.05) is 13.2 Å². The lowest BCUT2D eigenvalue weighted by Gasteiger charge is -2.23. The highest BCUT2D eigenvalue weighted by Gasteiger charge is 2.11. The summed E-state index contributed by atoms with van der Waals surface area (Å²) in [6, 6.07) is 2.52. The Bertz CT molecular complexity index is 356. The summed E-state index contributed by atoms with van der Waals surface area (Å²) in [4.78, 5) is 7.91. The summed E-state index contributed by atoms with van der Waals surface area (Å²) >= 11 is 5.70. The quantitative estimate of drug-likeness (QED) is 0.637. The van der Waals surface area contributed by atoms with Crippen LogP contribution in [0.25, 0.3) is 0 Å². The fourth-order valence-corrected chi connectivity index (χ4v) is 2.39. The molecule has 1 aliphatic rings. The van der Waals surface area contributed by atoms with E-state index in [0.717, 1.165) is 18.7 Å². The predicted octanol–water partition coefficient (Wildman–Crippen LogP) is 2.57. The van der Waals surface area contributed by atoms with Crippen LogP contribution in [0.3, 0.4) is 0 Å².